The monoisotopic (exact) mass is 298 g/mol. The van der Waals surface area contributed by atoms with Gasteiger partial charge in [-0.25, -0.2) is 4.79 Å². The molecule has 21 heavy (non-hydrogen) atoms. The van der Waals surface area contributed by atoms with Crippen molar-refractivity contribution in [1.82, 2.24) is 10.2 Å². The van der Waals surface area contributed by atoms with Crippen molar-refractivity contribution in [2.24, 2.45) is 11.8 Å². The van der Waals surface area contributed by atoms with E-state index in [0.29, 0.717) is 25.4 Å². The lowest BCUT2D eigenvalue weighted by Crippen LogP contribution is -2.58. The number of unbranched alkanes of at least 4 members (excludes halogenated alkanes) is 1. The minimum atomic E-state index is -0.635. The Balaban J connectivity index is 1.87. The molecule has 2 N–H and O–H groups in total. The number of ether oxygens (including phenoxy) is 1. The fourth-order valence-corrected chi connectivity index (χ4v) is 3.61. The van der Waals surface area contributed by atoms with Gasteiger partial charge in [-0.15, -0.1) is 0 Å². The van der Waals surface area contributed by atoms with Gasteiger partial charge in [-0.2, -0.15) is 0 Å². The molecule has 0 saturated carbocycles. The number of hydrogen-bond acceptors (Lipinski definition) is 3. The number of likely N-dealkylation sites (tertiary alicyclic amines) is 1. The van der Waals surface area contributed by atoms with Gasteiger partial charge < -0.3 is 20.1 Å². The average molecular weight is 298 g/mol. The predicted octanol–water partition coefficient (Wildman–Crippen LogP) is 2.00. The maximum absolute atomic E-state index is 12.1. The van der Waals surface area contributed by atoms with Gasteiger partial charge in [0.25, 0.3) is 0 Å². The average Bonchev–Trinajstić information content (AvgIpc) is 2.51. The Hall–Kier alpha value is -0.810. The van der Waals surface area contributed by atoms with Crippen LogP contribution in [-0.2, 0) is 4.74 Å². The molecular formula is C16H30N2O3. The highest BCUT2D eigenvalue weighted by Crippen LogP contribution is 2.39. The highest BCUT2D eigenvalue weighted by atomic mass is 16.5. The van der Waals surface area contributed by atoms with Crippen LogP contribution in [0.3, 0.4) is 0 Å². The molecule has 2 rings (SSSR count). The fourth-order valence-electron chi connectivity index (χ4n) is 3.61. The number of aliphatic hydroxyl groups is 1. The number of rotatable bonds is 4. The molecule has 5 heteroatoms. The second-order valence-electron chi connectivity index (χ2n) is 6.56. The van der Waals surface area contributed by atoms with Crippen LogP contribution in [0.2, 0.25) is 0 Å². The summed E-state index contributed by atoms with van der Waals surface area (Å²) in [6.45, 7) is 7.72. The molecule has 0 aromatic rings. The summed E-state index contributed by atoms with van der Waals surface area (Å²) in [6.07, 6.45) is 4.65. The molecule has 2 aliphatic rings. The molecule has 0 aliphatic carbocycles. The van der Waals surface area contributed by atoms with Crippen LogP contribution in [0, 0.1) is 11.8 Å². The molecule has 5 nitrogen and oxygen atoms in total. The standard InChI is InChI=1S/C16H30N2O3/c1-3-4-8-17-15(19)18-9-7-16(20,13(2)12-18)14-5-10-21-11-6-14/h13-14,20H,3-12H2,1-2H3,(H,17,19)/t13-,16+/m1/s1. The molecule has 2 amide bonds. The molecule has 0 bridgehead atoms. The van der Waals surface area contributed by atoms with Gasteiger partial charge >= 0.3 is 6.03 Å². The fraction of sp³-hybridized carbons (Fsp3) is 0.938. The van der Waals surface area contributed by atoms with Gasteiger partial charge in [0.1, 0.15) is 0 Å². The lowest BCUT2D eigenvalue weighted by molar-refractivity contribution is -0.125. The van der Waals surface area contributed by atoms with Crippen molar-refractivity contribution in [2.75, 3.05) is 32.8 Å². The molecule has 0 aromatic heterocycles. The lowest BCUT2D eigenvalue weighted by atomic mass is 9.70. The van der Waals surface area contributed by atoms with Crippen LogP contribution in [0.1, 0.15) is 46.0 Å². The van der Waals surface area contributed by atoms with Crippen LogP contribution in [0.25, 0.3) is 0 Å². The Morgan fingerprint density at radius 3 is 2.76 bits per heavy atom. The smallest absolute Gasteiger partial charge is 0.317 e. The number of carbonyl (C=O) groups is 1. The van der Waals surface area contributed by atoms with Crippen LogP contribution in [0.15, 0.2) is 0 Å². The maximum Gasteiger partial charge on any atom is 0.317 e. The zero-order valence-corrected chi connectivity index (χ0v) is 13.4. The number of nitrogens with zero attached hydrogens (tertiary/aromatic N) is 1. The van der Waals surface area contributed by atoms with Crippen molar-refractivity contribution in [3.8, 4) is 0 Å². The van der Waals surface area contributed by atoms with Crippen LogP contribution >= 0.6 is 0 Å². The van der Waals surface area contributed by atoms with E-state index in [1.54, 1.807) is 0 Å². The Kier molecular flexibility index (Phi) is 5.88. The minimum Gasteiger partial charge on any atom is -0.389 e. The molecule has 122 valence electrons. The van der Waals surface area contributed by atoms with Crippen LogP contribution in [0.4, 0.5) is 4.79 Å². The molecule has 2 aliphatic heterocycles. The molecule has 2 heterocycles. The van der Waals surface area contributed by atoms with Crippen molar-refractivity contribution in [3.63, 3.8) is 0 Å². The molecule has 0 radical (unpaired) electrons. The first-order valence-corrected chi connectivity index (χ1v) is 8.40. The normalized spacial score (nSPS) is 31.2. The quantitative estimate of drug-likeness (QED) is 0.780. The van der Waals surface area contributed by atoms with E-state index >= 15 is 0 Å². The van der Waals surface area contributed by atoms with E-state index in [0.717, 1.165) is 45.4 Å². The van der Waals surface area contributed by atoms with Gasteiger partial charge in [0.05, 0.1) is 5.60 Å². The third kappa shape index (κ3) is 3.89. The van der Waals surface area contributed by atoms with Crippen molar-refractivity contribution in [2.45, 2.75) is 51.6 Å². The highest BCUT2D eigenvalue weighted by Gasteiger charge is 2.45. The first kappa shape index (κ1) is 16.6. The minimum absolute atomic E-state index is 0.0179. The van der Waals surface area contributed by atoms with Gasteiger partial charge in [0.2, 0.25) is 0 Å². The Labute approximate surface area is 128 Å². The summed E-state index contributed by atoms with van der Waals surface area (Å²) in [4.78, 5) is 14.0. The second-order valence-corrected chi connectivity index (χ2v) is 6.56. The van der Waals surface area contributed by atoms with Crippen molar-refractivity contribution >= 4 is 6.03 Å². The van der Waals surface area contributed by atoms with Crippen LogP contribution in [0.5, 0.6) is 0 Å². The van der Waals surface area contributed by atoms with E-state index in [1.165, 1.54) is 0 Å². The van der Waals surface area contributed by atoms with Crippen molar-refractivity contribution in [3.05, 3.63) is 0 Å². The maximum atomic E-state index is 12.1. The Morgan fingerprint density at radius 1 is 1.43 bits per heavy atom. The van der Waals surface area contributed by atoms with E-state index in [2.05, 4.69) is 19.2 Å². The van der Waals surface area contributed by atoms with Crippen molar-refractivity contribution < 1.29 is 14.6 Å². The Bertz CT molecular complexity index is 344. The first-order chi connectivity index (χ1) is 10.1. The third-order valence-electron chi connectivity index (χ3n) is 5.15. The lowest BCUT2D eigenvalue weighted by Gasteiger charge is -2.48. The van der Waals surface area contributed by atoms with Crippen LogP contribution in [-0.4, -0.2) is 54.5 Å². The van der Waals surface area contributed by atoms with Crippen molar-refractivity contribution in [1.29, 1.82) is 0 Å². The SMILES string of the molecule is CCCCNC(=O)N1CC[C@@](O)(C2CCOCC2)[C@H](C)C1. The number of nitrogens with one attached hydrogen (secondary N) is 1. The molecule has 2 saturated heterocycles. The summed E-state index contributed by atoms with van der Waals surface area (Å²) >= 11 is 0. The van der Waals surface area contributed by atoms with E-state index < -0.39 is 5.60 Å². The summed E-state index contributed by atoms with van der Waals surface area (Å²) in [7, 11) is 0. The van der Waals surface area contributed by atoms with Gasteiger partial charge in [-0.05, 0) is 31.6 Å². The number of urea groups is 1. The summed E-state index contributed by atoms with van der Waals surface area (Å²) in [5.74, 6) is 0.429. The van der Waals surface area contributed by atoms with Gasteiger partial charge in [-0.3, -0.25) is 0 Å². The second kappa shape index (κ2) is 7.45. The number of amides is 2. The first-order valence-electron chi connectivity index (χ1n) is 8.40. The topological polar surface area (TPSA) is 61.8 Å². The van der Waals surface area contributed by atoms with E-state index in [1.807, 2.05) is 4.90 Å². The number of piperidine rings is 1. The number of hydrogen-bond donors (Lipinski definition) is 2. The van der Waals surface area contributed by atoms with Gasteiger partial charge in [0, 0.05) is 38.8 Å². The molecular weight excluding hydrogens is 268 g/mol. The molecule has 0 spiro atoms. The summed E-state index contributed by atoms with van der Waals surface area (Å²) in [5, 5.41) is 14.0. The van der Waals surface area contributed by atoms with Gasteiger partial charge in [0.15, 0.2) is 0 Å². The predicted molar refractivity (Wildman–Crippen MR) is 82.2 cm³/mol. The highest BCUT2D eigenvalue weighted by molar-refractivity contribution is 5.74. The summed E-state index contributed by atoms with van der Waals surface area (Å²) in [5.41, 5.74) is -0.635. The zero-order valence-electron chi connectivity index (χ0n) is 13.4. The molecule has 0 aromatic carbocycles. The van der Waals surface area contributed by atoms with E-state index in [9.17, 15) is 9.90 Å². The van der Waals surface area contributed by atoms with Crippen LogP contribution < -0.4 is 5.32 Å². The van der Waals surface area contributed by atoms with E-state index in [4.69, 9.17) is 4.74 Å². The largest absolute Gasteiger partial charge is 0.389 e. The zero-order chi connectivity index (χ0) is 15.3. The number of carbonyl (C=O) groups excluding carboxylic acids is 1. The molecule has 0 unspecified atom stereocenters. The molecule has 2 atom stereocenters. The molecule has 2 fully saturated rings. The summed E-state index contributed by atoms with van der Waals surface area (Å²) < 4.78 is 5.40. The Morgan fingerprint density at radius 2 is 2.14 bits per heavy atom. The summed E-state index contributed by atoms with van der Waals surface area (Å²) in [6, 6.07) is 0.0179. The van der Waals surface area contributed by atoms with E-state index in [-0.39, 0.29) is 11.9 Å². The van der Waals surface area contributed by atoms with Gasteiger partial charge in [-0.1, -0.05) is 20.3 Å². The third-order valence-corrected chi connectivity index (χ3v) is 5.15.